The molecule has 0 radical (unpaired) electrons. The molecule has 0 unspecified atom stereocenters. The zero-order valence-corrected chi connectivity index (χ0v) is 11.9. The van der Waals surface area contributed by atoms with Crippen molar-refractivity contribution in [1.82, 2.24) is 9.97 Å². The Kier molecular flexibility index (Phi) is 2.99. The van der Waals surface area contributed by atoms with E-state index in [1.54, 1.807) is 0 Å². The van der Waals surface area contributed by atoms with Gasteiger partial charge in [0.05, 0.1) is 10.2 Å². The van der Waals surface area contributed by atoms with Crippen LogP contribution in [-0.2, 0) is 0 Å². The van der Waals surface area contributed by atoms with E-state index in [2.05, 4.69) is 25.9 Å². The van der Waals surface area contributed by atoms with E-state index < -0.39 is 0 Å². The van der Waals surface area contributed by atoms with Crippen molar-refractivity contribution in [2.45, 2.75) is 18.8 Å². The van der Waals surface area contributed by atoms with Crippen molar-refractivity contribution in [3.05, 3.63) is 39.5 Å². The number of nitrogens with zero attached hydrogens (tertiary/aromatic N) is 2. The quantitative estimate of drug-likeness (QED) is 0.907. The average Bonchev–Trinajstić information content (AvgIpc) is 3.16. The molecule has 1 saturated carbocycles. The molecule has 2 N–H and O–H groups in total. The van der Waals surface area contributed by atoms with E-state index in [0.29, 0.717) is 22.6 Å². The molecule has 3 nitrogen and oxygen atoms in total. The zero-order valence-electron chi connectivity index (χ0n) is 9.53. The van der Waals surface area contributed by atoms with Crippen LogP contribution in [0.4, 0.5) is 5.82 Å². The molecule has 3 rings (SSSR count). The van der Waals surface area contributed by atoms with Gasteiger partial charge in [-0.1, -0.05) is 23.7 Å². The van der Waals surface area contributed by atoms with Crippen LogP contribution in [0.1, 0.15) is 24.5 Å². The molecular formula is C13H11BrClN3. The molecule has 0 aliphatic heterocycles. The first-order chi connectivity index (χ1) is 8.65. The van der Waals surface area contributed by atoms with Gasteiger partial charge in [0.15, 0.2) is 5.82 Å². The van der Waals surface area contributed by atoms with Gasteiger partial charge in [-0.05, 0) is 40.9 Å². The van der Waals surface area contributed by atoms with E-state index in [-0.39, 0.29) is 0 Å². The number of hydrogen-bond acceptors (Lipinski definition) is 3. The number of hydrogen-bond donors (Lipinski definition) is 1. The molecule has 1 aliphatic rings. The maximum atomic E-state index is 5.98. The molecule has 18 heavy (non-hydrogen) atoms. The number of nitrogens with two attached hydrogens (primary N) is 1. The van der Waals surface area contributed by atoms with Crippen molar-refractivity contribution < 1.29 is 0 Å². The normalized spacial score (nSPS) is 14.8. The van der Waals surface area contributed by atoms with Crippen molar-refractivity contribution in [3.8, 4) is 11.4 Å². The standard InChI is InChI=1S/C13H11BrClN3/c14-10-11(7-4-5-7)17-13(18-12(10)16)8-2-1-3-9(15)6-8/h1-3,6-7H,4-5H2,(H2,16,17,18). The minimum atomic E-state index is 0.488. The Morgan fingerprint density at radius 3 is 2.72 bits per heavy atom. The Morgan fingerprint density at radius 1 is 1.28 bits per heavy atom. The third kappa shape index (κ3) is 2.22. The van der Waals surface area contributed by atoms with Crippen LogP contribution in [0.2, 0.25) is 5.02 Å². The van der Waals surface area contributed by atoms with Gasteiger partial charge in [-0.15, -0.1) is 0 Å². The molecule has 5 heteroatoms. The number of benzene rings is 1. The van der Waals surface area contributed by atoms with Gasteiger partial charge in [0.1, 0.15) is 5.82 Å². The van der Waals surface area contributed by atoms with Gasteiger partial charge in [0.2, 0.25) is 0 Å². The van der Waals surface area contributed by atoms with E-state index in [9.17, 15) is 0 Å². The molecule has 1 aromatic heterocycles. The highest BCUT2D eigenvalue weighted by atomic mass is 79.9. The SMILES string of the molecule is Nc1nc(-c2cccc(Cl)c2)nc(C2CC2)c1Br. The Morgan fingerprint density at radius 2 is 2.06 bits per heavy atom. The van der Waals surface area contributed by atoms with E-state index in [4.69, 9.17) is 17.3 Å². The number of nitrogen functional groups attached to an aromatic ring is 1. The molecule has 1 heterocycles. The Bertz CT molecular complexity index is 611. The summed E-state index contributed by atoms with van der Waals surface area (Å²) in [4.78, 5) is 8.93. The number of aromatic nitrogens is 2. The lowest BCUT2D eigenvalue weighted by atomic mass is 10.2. The molecule has 0 atom stereocenters. The highest BCUT2D eigenvalue weighted by Gasteiger charge is 2.29. The minimum Gasteiger partial charge on any atom is -0.383 e. The van der Waals surface area contributed by atoms with Gasteiger partial charge in [-0.3, -0.25) is 0 Å². The van der Waals surface area contributed by atoms with Crippen LogP contribution in [0.5, 0.6) is 0 Å². The first-order valence-electron chi connectivity index (χ1n) is 5.74. The van der Waals surface area contributed by atoms with Crippen LogP contribution in [0.25, 0.3) is 11.4 Å². The molecule has 2 aromatic rings. The van der Waals surface area contributed by atoms with Crippen LogP contribution in [0.15, 0.2) is 28.7 Å². The summed E-state index contributed by atoms with van der Waals surface area (Å²) >= 11 is 9.45. The summed E-state index contributed by atoms with van der Waals surface area (Å²) in [5.41, 5.74) is 7.84. The summed E-state index contributed by atoms with van der Waals surface area (Å²) in [5.74, 6) is 1.64. The summed E-state index contributed by atoms with van der Waals surface area (Å²) in [6.07, 6.45) is 2.34. The number of anilines is 1. The minimum absolute atomic E-state index is 0.488. The van der Waals surface area contributed by atoms with E-state index in [1.165, 1.54) is 12.8 Å². The number of halogens is 2. The Balaban J connectivity index is 2.12. The van der Waals surface area contributed by atoms with Crippen LogP contribution >= 0.6 is 27.5 Å². The summed E-state index contributed by atoms with van der Waals surface area (Å²) in [6, 6.07) is 7.50. The van der Waals surface area contributed by atoms with Gasteiger partial charge in [0, 0.05) is 16.5 Å². The third-order valence-corrected chi connectivity index (χ3v) is 4.00. The van der Waals surface area contributed by atoms with Crippen molar-refractivity contribution in [1.29, 1.82) is 0 Å². The second-order valence-electron chi connectivity index (χ2n) is 4.42. The largest absolute Gasteiger partial charge is 0.383 e. The smallest absolute Gasteiger partial charge is 0.161 e. The van der Waals surface area contributed by atoms with Crippen LogP contribution in [0, 0.1) is 0 Å². The fourth-order valence-corrected chi connectivity index (χ4v) is 2.56. The van der Waals surface area contributed by atoms with Gasteiger partial charge < -0.3 is 5.73 Å². The van der Waals surface area contributed by atoms with Gasteiger partial charge >= 0.3 is 0 Å². The lowest BCUT2D eigenvalue weighted by Gasteiger charge is -2.08. The maximum Gasteiger partial charge on any atom is 0.161 e. The highest BCUT2D eigenvalue weighted by Crippen LogP contribution is 2.44. The molecule has 1 aromatic carbocycles. The maximum absolute atomic E-state index is 5.98. The van der Waals surface area contributed by atoms with Crippen molar-refractivity contribution in [2.24, 2.45) is 0 Å². The van der Waals surface area contributed by atoms with Crippen molar-refractivity contribution in [3.63, 3.8) is 0 Å². The second kappa shape index (κ2) is 4.52. The second-order valence-corrected chi connectivity index (χ2v) is 5.65. The summed E-state index contributed by atoms with van der Waals surface area (Å²) in [6.45, 7) is 0. The first kappa shape index (κ1) is 11.9. The molecule has 92 valence electrons. The van der Waals surface area contributed by atoms with Gasteiger partial charge in [0.25, 0.3) is 0 Å². The van der Waals surface area contributed by atoms with E-state index >= 15 is 0 Å². The lowest BCUT2D eigenvalue weighted by molar-refractivity contribution is 0.984. The predicted molar refractivity (Wildman–Crippen MR) is 76.6 cm³/mol. The number of rotatable bonds is 2. The van der Waals surface area contributed by atoms with Crippen LogP contribution < -0.4 is 5.73 Å². The molecule has 0 saturated heterocycles. The lowest BCUT2D eigenvalue weighted by Crippen LogP contribution is -2.02. The monoisotopic (exact) mass is 323 g/mol. The summed E-state index contributed by atoms with van der Waals surface area (Å²) in [5, 5.41) is 0.672. The van der Waals surface area contributed by atoms with Gasteiger partial charge in [-0.25, -0.2) is 9.97 Å². The fourth-order valence-electron chi connectivity index (χ4n) is 1.87. The zero-order chi connectivity index (χ0) is 12.7. The molecule has 0 amide bonds. The van der Waals surface area contributed by atoms with Crippen LogP contribution in [0.3, 0.4) is 0 Å². The average molecular weight is 325 g/mol. The molecular weight excluding hydrogens is 314 g/mol. The third-order valence-electron chi connectivity index (χ3n) is 2.95. The predicted octanol–water partition coefficient (Wildman–Crippen LogP) is 4.02. The highest BCUT2D eigenvalue weighted by molar-refractivity contribution is 9.10. The van der Waals surface area contributed by atoms with E-state index in [0.717, 1.165) is 15.7 Å². The van der Waals surface area contributed by atoms with Crippen molar-refractivity contribution >= 4 is 33.3 Å². The Hall–Kier alpha value is -1.13. The topological polar surface area (TPSA) is 51.8 Å². The van der Waals surface area contributed by atoms with Crippen LogP contribution in [-0.4, -0.2) is 9.97 Å². The van der Waals surface area contributed by atoms with Crippen molar-refractivity contribution in [2.75, 3.05) is 5.73 Å². The first-order valence-corrected chi connectivity index (χ1v) is 6.91. The summed E-state index contributed by atoms with van der Waals surface area (Å²) in [7, 11) is 0. The molecule has 0 bridgehead atoms. The van der Waals surface area contributed by atoms with Gasteiger partial charge in [-0.2, -0.15) is 0 Å². The Labute approximate surface area is 119 Å². The summed E-state index contributed by atoms with van der Waals surface area (Å²) < 4.78 is 0.829. The fraction of sp³-hybridized carbons (Fsp3) is 0.231. The van der Waals surface area contributed by atoms with E-state index in [1.807, 2.05) is 24.3 Å². The molecule has 1 aliphatic carbocycles. The molecule has 1 fully saturated rings. The molecule has 0 spiro atoms.